The molecule has 0 radical (unpaired) electrons. The maximum absolute atomic E-state index is 10.6. The topological polar surface area (TPSA) is 114 Å². The van der Waals surface area contributed by atoms with Crippen LogP contribution >= 0.6 is 0 Å². The van der Waals surface area contributed by atoms with Crippen LogP contribution in [0.25, 0.3) is 0 Å². The summed E-state index contributed by atoms with van der Waals surface area (Å²) in [5, 5.41) is 22.6. The summed E-state index contributed by atoms with van der Waals surface area (Å²) in [5.41, 5.74) is 5.37. The van der Waals surface area contributed by atoms with Crippen molar-refractivity contribution in [1.29, 1.82) is 0 Å². The fourth-order valence-corrected chi connectivity index (χ4v) is 1.35. The monoisotopic (exact) mass is 240 g/mol. The molecule has 0 saturated heterocycles. The molecule has 7 heteroatoms. The summed E-state index contributed by atoms with van der Waals surface area (Å²) < 4.78 is 0. The lowest BCUT2D eigenvalue weighted by Gasteiger charge is -2.07. The van der Waals surface area contributed by atoms with Crippen LogP contribution in [-0.4, -0.2) is 27.7 Å². The Morgan fingerprint density at radius 3 is 2.94 bits per heavy atom. The van der Waals surface area contributed by atoms with Crippen molar-refractivity contribution in [2.75, 3.05) is 17.6 Å². The highest BCUT2D eigenvalue weighted by Gasteiger charge is 2.09. The molecule has 1 aromatic rings. The molecule has 1 unspecified atom stereocenters. The number of aliphatic hydroxyl groups excluding tert-OH is 1. The Hall–Kier alpha value is -1.89. The van der Waals surface area contributed by atoms with Crippen molar-refractivity contribution in [1.82, 2.24) is 4.98 Å². The van der Waals surface area contributed by atoms with Crippen molar-refractivity contribution in [3.8, 4) is 0 Å². The van der Waals surface area contributed by atoms with Crippen molar-refractivity contribution >= 4 is 17.3 Å². The number of nitrogens with one attached hydrogen (secondary N) is 1. The van der Waals surface area contributed by atoms with E-state index >= 15 is 0 Å². The molecular formula is C10H16N4O3. The number of nitrogen functional groups attached to an aromatic ring is 1. The number of aliphatic hydroxyl groups is 1. The van der Waals surface area contributed by atoms with E-state index in [2.05, 4.69) is 10.3 Å². The first-order valence-corrected chi connectivity index (χ1v) is 5.33. The van der Waals surface area contributed by atoms with Crippen LogP contribution in [0.15, 0.2) is 12.1 Å². The van der Waals surface area contributed by atoms with Gasteiger partial charge >= 0.3 is 0 Å². The number of hydrogen-bond acceptors (Lipinski definition) is 6. The van der Waals surface area contributed by atoms with Crippen LogP contribution in [0.3, 0.4) is 0 Å². The van der Waals surface area contributed by atoms with E-state index in [0.717, 1.165) is 6.42 Å². The molecule has 0 fully saturated rings. The Bertz CT molecular complexity index is 395. The number of aromatic nitrogens is 1. The molecule has 0 spiro atoms. The SMILES string of the molecule is CC(O)CCCNc1cc([N+](=O)[O-])cc(N)n1. The minimum atomic E-state index is -0.515. The number of anilines is 2. The number of nitrogens with two attached hydrogens (primary N) is 1. The summed E-state index contributed by atoms with van der Waals surface area (Å²) in [4.78, 5) is 14.0. The average molecular weight is 240 g/mol. The zero-order valence-electron chi connectivity index (χ0n) is 9.59. The lowest BCUT2D eigenvalue weighted by Crippen LogP contribution is -2.08. The van der Waals surface area contributed by atoms with Gasteiger partial charge in [-0.3, -0.25) is 10.1 Å². The first-order chi connectivity index (χ1) is 7.99. The van der Waals surface area contributed by atoms with Gasteiger partial charge in [-0.05, 0) is 19.8 Å². The summed E-state index contributed by atoms with van der Waals surface area (Å²) in [5.74, 6) is 0.486. The molecule has 0 bridgehead atoms. The van der Waals surface area contributed by atoms with Crippen molar-refractivity contribution < 1.29 is 10.0 Å². The van der Waals surface area contributed by atoms with E-state index < -0.39 is 4.92 Å². The molecular weight excluding hydrogens is 224 g/mol. The number of pyridine rings is 1. The normalized spacial score (nSPS) is 12.1. The summed E-state index contributed by atoms with van der Waals surface area (Å²) >= 11 is 0. The Kier molecular flexibility index (Phi) is 4.65. The fourth-order valence-electron chi connectivity index (χ4n) is 1.35. The lowest BCUT2D eigenvalue weighted by atomic mass is 10.2. The van der Waals surface area contributed by atoms with Gasteiger partial charge in [-0.15, -0.1) is 0 Å². The highest BCUT2D eigenvalue weighted by atomic mass is 16.6. The second-order valence-corrected chi connectivity index (χ2v) is 3.81. The van der Waals surface area contributed by atoms with Crippen molar-refractivity contribution in [2.24, 2.45) is 0 Å². The van der Waals surface area contributed by atoms with E-state index in [4.69, 9.17) is 10.8 Å². The van der Waals surface area contributed by atoms with Crippen LogP contribution in [0.5, 0.6) is 0 Å². The first kappa shape index (κ1) is 13.2. The summed E-state index contributed by atoms with van der Waals surface area (Å²) in [6, 6.07) is 2.54. The van der Waals surface area contributed by atoms with Crippen LogP contribution in [0.4, 0.5) is 17.3 Å². The zero-order valence-corrected chi connectivity index (χ0v) is 9.59. The van der Waals surface area contributed by atoms with Gasteiger partial charge in [-0.1, -0.05) is 0 Å². The van der Waals surface area contributed by atoms with Gasteiger partial charge < -0.3 is 16.2 Å². The number of nitro groups is 1. The lowest BCUT2D eigenvalue weighted by molar-refractivity contribution is -0.384. The van der Waals surface area contributed by atoms with Crippen molar-refractivity contribution in [3.63, 3.8) is 0 Å². The summed E-state index contributed by atoms with van der Waals surface area (Å²) in [6.07, 6.45) is 1.07. The molecule has 0 amide bonds. The minimum absolute atomic E-state index is 0.0875. The molecule has 7 nitrogen and oxygen atoms in total. The average Bonchev–Trinajstić information content (AvgIpc) is 2.23. The molecule has 0 saturated carbocycles. The smallest absolute Gasteiger partial charge is 0.276 e. The summed E-state index contributed by atoms with van der Waals surface area (Å²) in [6.45, 7) is 2.29. The predicted octanol–water partition coefficient (Wildman–Crippen LogP) is 1.14. The van der Waals surface area contributed by atoms with E-state index in [1.165, 1.54) is 12.1 Å². The molecule has 0 aliphatic rings. The first-order valence-electron chi connectivity index (χ1n) is 5.33. The summed E-state index contributed by atoms with van der Waals surface area (Å²) in [7, 11) is 0. The van der Waals surface area contributed by atoms with Crippen molar-refractivity contribution in [3.05, 3.63) is 22.2 Å². The maximum Gasteiger partial charge on any atom is 0.276 e. The van der Waals surface area contributed by atoms with Gasteiger partial charge in [0.05, 0.1) is 23.2 Å². The van der Waals surface area contributed by atoms with E-state index in [1.54, 1.807) is 6.92 Å². The fraction of sp³-hybridized carbons (Fsp3) is 0.500. The minimum Gasteiger partial charge on any atom is -0.393 e. The Balaban J connectivity index is 2.56. The molecule has 0 aliphatic carbocycles. The van der Waals surface area contributed by atoms with E-state index in [-0.39, 0.29) is 17.6 Å². The maximum atomic E-state index is 10.6. The molecule has 1 heterocycles. The number of rotatable bonds is 6. The van der Waals surface area contributed by atoms with E-state index in [1.807, 2.05) is 0 Å². The van der Waals surface area contributed by atoms with Crippen LogP contribution in [0, 0.1) is 10.1 Å². The molecule has 1 rings (SSSR count). The number of hydrogen-bond donors (Lipinski definition) is 3. The van der Waals surface area contributed by atoms with Gasteiger partial charge in [0.2, 0.25) is 0 Å². The van der Waals surface area contributed by atoms with Gasteiger partial charge in [0.1, 0.15) is 11.6 Å². The van der Waals surface area contributed by atoms with Crippen molar-refractivity contribution in [2.45, 2.75) is 25.9 Å². The third-order valence-electron chi connectivity index (χ3n) is 2.15. The van der Waals surface area contributed by atoms with Crippen LogP contribution < -0.4 is 11.1 Å². The third kappa shape index (κ3) is 4.64. The van der Waals surface area contributed by atoms with Gasteiger partial charge in [-0.2, -0.15) is 0 Å². The van der Waals surface area contributed by atoms with E-state index in [0.29, 0.717) is 18.8 Å². The zero-order chi connectivity index (χ0) is 12.8. The second-order valence-electron chi connectivity index (χ2n) is 3.81. The molecule has 4 N–H and O–H groups in total. The van der Waals surface area contributed by atoms with Gasteiger partial charge in [0, 0.05) is 6.54 Å². The molecule has 1 aromatic heterocycles. The molecule has 0 aliphatic heterocycles. The van der Waals surface area contributed by atoms with Gasteiger partial charge in [0.25, 0.3) is 5.69 Å². The quantitative estimate of drug-likeness (QED) is 0.390. The predicted molar refractivity (Wildman–Crippen MR) is 64.7 cm³/mol. The highest BCUT2D eigenvalue weighted by Crippen LogP contribution is 2.18. The molecule has 94 valence electrons. The second kappa shape index (κ2) is 6.00. The highest BCUT2D eigenvalue weighted by molar-refractivity contribution is 5.52. The Morgan fingerprint density at radius 2 is 2.35 bits per heavy atom. The van der Waals surface area contributed by atoms with Gasteiger partial charge in [0.15, 0.2) is 0 Å². The Morgan fingerprint density at radius 1 is 1.65 bits per heavy atom. The standard InChI is InChI=1S/C10H16N4O3/c1-7(15)3-2-4-12-10-6-8(14(16)17)5-9(11)13-10/h5-7,15H,2-4H2,1H3,(H3,11,12,13). The molecule has 17 heavy (non-hydrogen) atoms. The largest absolute Gasteiger partial charge is 0.393 e. The van der Waals surface area contributed by atoms with Crippen LogP contribution in [-0.2, 0) is 0 Å². The van der Waals surface area contributed by atoms with Crippen LogP contribution in [0.1, 0.15) is 19.8 Å². The molecule has 1 atom stereocenters. The van der Waals surface area contributed by atoms with E-state index in [9.17, 15) is 10.1 Å². The van der Waals surface area contributed by atoms with Gasteiger partial charge in [-0.25, -0.2) is 4.98 Å². The molecule has 0 aromatic carbocycles. The number of nitrogens with zero attached hydrogens (tertiary/aromatic N) is 2. The van der Waals surface area contributed by atoms with Crippen LogP contribution in [0.2, 0.25) is 0 Å². The third-order valence-corrected chi connectivity index (χ3v) is 2.15. The Labute approximate surface area is 98.8 Å².